The van der Waals surface area contributed by atoms with Crippen LogP contribution in [0.5, 0.6) is 5.75 Å². The third-order valence-corrected chi connectivity index (χ3v) is 3.67. The van der Waals surface area contributed by atoms with Crippen molar-refractivity contribution in [2.24, 2.45) is 7.05 Å². The van der Waals surface area contributed by atoms with Crippen molar-refractivity contribution in [2.75, 3.05) is 14.2 Å². The van der Waals surface area contributed by atoms with E-state index in [1.54, 1.807) is 13.3 Å². The topological polar surface area (TPSA) is 39.1 Å². The average molecular weight is 273 g/mol. The molecule has 4 nitrogen and oxygen atoms in total. The zero-order chi connectivity index (χ0) is 14.7. The van der Waals surface area contributed by atoms with E-state index in [1.165, 1.54) is 11.1 Å². The Hall–Kier alpha value is -1.81. The fourth-order valence-electron chi connectivity index (χ4n) is 2.45. The molecule has 108 valence electrons. The van der Waals surface area contributed by atoms with Gasteiger partial charge in [-0.2, -0.15) is 5.10 Å². The maximum atomic E-state index is 5.41. The first kappa shape index (κ1) is 14.6. The number of hydrogen-bond acceptors (Lipinski definition) is 3. The highest BCUT2D eigenvalue weighted by Gasteiger charge is 2.21. The van der Waals surface area contributed by atoms with E-state index >= 15 is 0 Å². The number of nitrogens with zero attached hydrogens (tertiary/aromatic N) is 2. The summed E-state index contributed by atoms with van der Waals surface area (Å²) >= 11 is 0. The zero-order valence-corrected chi connectivity index (χ0v) is 12.8. The van der Waals surface area contributed by atoms with Crippen molar-refractivity contribution in [3.05, 3.63) is 47.3 Å². The molecule has 1 atom stereocenters. The molecule has 2 rings (SSSR count). The molecule has 1 N–H and O–H groups in total. The molecule has 0 spiro atoms. The fourth-order valence-corrected chi connectivity index (χ4v) is 2.45. The lowest BCUT2D eigenvalue weighted by molar-refractivity contribution is 0.402. The summed E-state index contributed by atoms with van der Waals surface area (Å²) in [5.74, 6) is 1.35. The molecular weight excluding hydrogens is 250 g/mol. The van der Waals surface area contributed by atoms with Gasteiger partial charge in [-0.15, -0.1) is 0 Å². The van der Waals surface area contributed by atoms with Crippen LogP contribution in [-0.2, 0) is 7.05 Å². The van der Waals surface area contributed by atoms with Crippen LogP contribution in [0, 0.1) is 0 Å². The van der Waals surface area contributed by atoms with Crippen molar-refractivity contribution in [1.29, 1.82) is 0 Å². The summed E-state index contributed by atoms with van der Waals surface area (Å²) in [5.41, 5.74) is 3.59. The van der Waals surface area contributed by atoms with Crippen LogP contribution >= 0.6 is 0 Å². The number of benzene rings is 1. The second-order valence-electron chi connectivity index (χ2n) is 5.26. The van der Waals surface area contributed by atoms with Gasteiger partial charge in [-0.05, 0) is 24.1 Å². The summed E-state index contributed by atoms with van der Waals surface area (Å²) in [7, 11) is 5.56. The number of aromatic nitrogens is 2. The van der Waals surface area contributed by atoms with Gasteiger partial charge in [-0.3, -0.25) is 4.68 Å². The van der Waals surface area contributed by atoms with Crippen LogP contribution in [0.15, 0.2) is 30.5 Å². The molecule has 0 bridgehead atoms. The van der Waals surface area contributed by atoms with Crippen molar-refractivity contribution < 1.29 is 4.74 Å². The molecule has 0 saturated heterocycles. The highest BCUT2D eigenvalue weighted by Crippen LogP contribution is 2.29. The normalized spacial score (nSPS) is 12.7. The number of hydrogen-bond donors (Lipinski definition) is 1. The molecule has 0 fully saturated rings. The predicted octanol–water partition coefficient (Wildman–Crippen LogP) is 2.86. The van der Waals surface area contributed by atoms with Gasteiger partial charge in [0.15, 0.2) is 5.75 Å². The molecule has 0 aliphatic rings. The van der Waals surface area contributed by atoms with Gasteiger partial charge in [-0.1, -0.05) is 38.1 Å². The monoisotopic (exact) mass is 273 g/mol. The molecule has 4 heteroatoms. The second kappa shape index (κ2) is 6.09. The molecule has 1 aromatic carbocycles. The zero-order valence-electron chi connectivity index (χ0n) is 12.8. The van der Waals surface area contributed by atoms with Crippen LogP contribution in [0.4, 0.5) is 0 Å². The Balaban J connectivity index is 2.39. The predicted molar refractivity (Wildman–Crippen MR) is 81.2 cm³/mol. The highest BCUT2D eigenvalue weighted by atomic mass is 16.5. The SMILES string of the molecule is CNC(c1ccc(C(C)C)cc1)c1c(OC)cnn1C. The molecule has 1 heterocycles. The Morgan fingerprint density at radius 2 is 1.75 bits per heavy atom. The summed E-state index contributed by atoms with van der Waals surface area (Å²) in [6.45, 7) is 4.41. The first-order chi connectivity index (χ1) is 9.58. The molecular formula is C16H23N3O. The summed E-state index contributed by atoms with van der Waals surface area (Å²) in [6.07, 6.45) is 1.75. The lowest BCUT2D eigenvalue weighted by atomic mass is 9.97. The van der Waals surface area contributed by atoms with Crippen molar-refractivity contribution >= 4 is 0 Å². The Kier molecular flexibility index (Phi) is 4.45. The van der Waals surface area contributed by atoms with Gasteiger partial charge in [0.2, 0.25) is 0 Å². The van der Waals surface area contributed by atoms with Gasteiger partial charge in [0, 0.05) is 7.05 Å². The first-order valence-corrected chi connectivity index (χ1v) is 6.91. The summed E-state index contributed by atoms with van der Waals surface area (Å²) in [5, 5.41) is 7.62. The van der Waals surface area contributed by atoms with Gasteiger partial charge < -0.3 is 10.1 Å². The summed E-state index contributed by atoms with van der Waals surface area (Å²) in [6, 6.07) is 8.78. The van der Waals surface area contributed by atoms with E-state index in [9.17, 15) is 0 Å². The number of aryl methyl sites for hydroxylation is 1. The van der Waals surface area contributed by atoms with Crippen LogP contribution < -0.4 is 10.1 Å². The fraction of sp³-hybridized carbons (Fsp3) is 0.438. The number of methoxy groups -OCH3 is 1. The average Bonchev–Trinajstić information content (AvgIpc) is 2.82. The molecule has 0 amide bonds. The largest absolute Gasteiger partial charge is 0.493 e. The van der Waals surface area contributed by atoms with E-state index in [0.717, 1.165) is 11.4 Å². The van der Waals surface area contributed by atoms with Gasteiger partial charge in [0.1, 0.15) is 5.69 Å². The highest BCUT2D eigenvalue weighted by molar-refractivity contribution is 5.37. The third-order valence-electron chi connectivity index (χ3n) is 3.67. The van der Waals surface area contributed by atoms with Crippen LogP contribution in [-0.4, -0.2) is 23.9 Å². The van der Waals surface area contributed by atoms with E-state index in [-0.39, 0.29) is 6.04 Å². The molecule has 20 heavy (non-hydrogen) atoms. The van der Waals surface area contributed by atoms with E-state index in [0.29, 0.717) is 5.92 Å². The van der Waals surface area contributed by atoms with E-state index in [4.69, 9.17) is 4.74 Å². The minimum absolute atomic E-state index is 0.0682. The summed E-state index contributed by atoms with van der Waals surface area (Å²) < 4.78 is 7.27. The molecule has 0 radical (unpaired) electrons. The first-order valence-electron chi connectivity index (χ1n) is 6.91. The standard InChI is InChI=1S/C16H23N3O/c1-11(2)12-6-8-13(9-7-12)15(17-3)16-14(20-5)10-18-19(16)4/h6-11,15,17H,1-5H3. The van der Waals surface area contributed by atoms with E-state index < -0.39 is 0 Å². The van der Waals surface area contributed by atoms with Crippen molar-refractivity contribution in [3.63, 3.8) is 0 Å². The number of nitrogens with one attached hydrogen (secondary N) is 1. The Morgan fingerprint density at radius 1 is 1.15 bits per heavy atom. The minimum Gasteiger partial charge on any atom is -0.493 e. The maximum absolute atomic E-state index is 5.41. The van der Waals surface area contributed by atoms with Crippen molar-refractivity contribution in [1.82, 2.24) is 15.1 Å². The van der Waals surface area contributed by atoms with Gasteiger partial charge in [-0.25, -0.2) is 0 Å². The van der Waals surface area contributed by atoms with E-state index in [1.807, 2.05) is 18.8 Å². The third kappa shape index (κ3) is 2.70. The van der Waals surface area contributed by atoms with Crippen LogP contribution in [0.25, 0.3) is 0 Å². The van der Waals surface area contributed by atoms with E-state index in [2.05, 4.69) is 48.5 Å². The number of rotatable bonds is 5. The lowest BCUT2D eigenvalue weighted by Gasteiger charge is -2.19. The smallest absolute Gasteiger partial charge is 0.161 e. The maximum Gasteiger partial charge on any atom is 0.161 e. The van der Waals surface area contributed by atoms with Crippen molar-refractivity contribution in [2.45, 2.75) is 25.8 Å². The van der Waals surface area contributed by atoms with Crippen LogP contribution in [0.3, 0.4) is 0 Å². The lowest BCUT2D eigenvalue weighted by Crippen LogP contribution is -2.21. The van der Waals surface area contributed by atoms with Gasteiger partial charge in [0.05, 0.1) is 19.3 Å². The van der Waals surface area contributed by atoms with Crippen molar-refractivity contribution in [3.8, 4) is 5.75 Å². The van der Waals surface area contributed by atoms with Gasteiger partial charge >= 0.3 is 0 Å². The molecule has 0 saturated carbocycles. The molecule has 2 aromatic rings. The molecule has 1 unspecified atom stereocenters. The van der Waals surface area contributed by atoms with Crippen LogP contribution in [0.2, 0.25) is 0 Å². The molecule has 0 aliphatic carbocycles. The van der Waals surface area contributed by atoms with Crippen LogP contribution in [0.1, 0.15) is 42.6 Å². The molecule has 0 aliphatic heterocycles. The second-order valence-corrected chi connectivity index (χ2v) is 5.26. The van der Waals surface area contributed by atoms with Gasteiger partial charge in [0.25, 0.3) is 0 Å². The number of ether oxygens (including phenoxy) is 1. The quantitative estimate of drug-likeness (QED) is 0.910. The molecule has 1 aromatic heterocycles. The summed E-state index contributed by atoms with van der Waals surface area (Å²) in [4.78, 5) is 0. The Labute approximate surface area is 120 Å². The minimum atomic E-state index is 0.0682. The Bertz CT molecular complexity index is 558. The Morgan fingerprint density at radius 3 is 2.25 bits per heavy atom.